The van der Waals surface area contributed by atoms with Crippen molar-refractivity contribution < 1.29 is 23.7 Å². The SMILES string of the molecule is C=CCOc1ccc(C2C(C#N)=C(N)Oc3cc(OC(=O)c4cccs4)ccc32)cc1OC. The molecular formula is C25H20N2O5S. The number of carbonyl (C=O) groups is 1. The maximum Gasteiger partial charge on any atom is 0.353 e. The molecule has 1 atom stereocenters. The number of carbonyl (C=O) groups excluding carboxylic acids is 1. The lowest BCUT2D eigenvalue weighted by Crippen LogP contribution is -2.21. The largest absolute Gasteiger partial charge is 0.493 e. The van der Waals surface area contributed by atoms with Gasteiger partial charge < -0.3 is 24.7 Å². The second-order valence-corrected chi connectivity index (χ2v) is 7.95. The fraction of sp³-hybridized carbons (Fsp3) is 0.120. The van der Waals surface area contributed by atoms with Crippen LogP contribution in [0.15, 0.2) is 78.0 Å². The van der Waals surface area contributed by atoms with Crippen molar-refractivity contribution in [2.45, 2.75) is 5.92 Å². The molecular weight excluding hydrogens is 440 g/mol. The van der Waals surface area contributed by atoms with Crippen LogP contribution in [0.25, 0.3) is 0 Å². The van der Waals surface area contributed by atoms with Gasteiger partial charge in [-0.05, 0) is 35.2 Å². The number of esters is 1. The van der Waals surface area contributed by atoms with E-state index in [0.717, 1.165) is 5.56 Å². The number of hydrogen-bond acceptors (Lipinski definition) is 8. The molecule has 0 saturated carbocycles. The van der Waals surface area contributed by atoms with Crippen molar-refractivity contribution in [2.75, 3.05) is 13.7 Å². The van der Waals surface area contributed by atoms with E-state index >= 15 is 0 Å². The molecule has 2 N–H and O–H groups in total. The first-order valence-corrected chi connectivity index (χ1v) is 10.8. The van der Waals surface area contributed by atoms with Crippen LogP contribution in [0.1, 0.15) is 26.7 Å². The van der Waals surface area contributed by atoms with Crippen molar-refractivity contribution in [1.82, 2.24) is 0 Å². The highest BCUT2D eigenvalue weighted by Crippen LogP contribution is 2.45. The minimum atomic E-state index is -0.497. The van der Waals surface area contributed by atoms with E-state index in [4.69, 9.17) is 24.7 Å². The molecule has 0 spiro atoms. The molecule has 2 heterocycles. The van der Waals surface area contributed by atoms with E-state index in [-0.39, 0.29) is 11.5 Å². The van der Waals surface area contributed by atoms with Gasteiger partial charge in [0.25, 0.3) is 0 Å². The first-order chi connectivity index (χ1) is 16.0. The van der Waals surface area contributed by atoms with Gasteiger partial charge in [0.1, 0.15) is 34.6 Å². The van der Waals surface area contributed by atoms with Gasteiger partial charge in [0.15, 0.2) is 11.5 Å². The van der Waals surface area contributed by atoms with Crippen molar-refractivity contribution in [3.05, 3.63) is 94.0 Å². The maximum absolute atomic E-state index is 12.3. The highest BCUT2D eigenvalue weighted by atomic mass is 32.1. The molecule has 0 aliphatic carbocycles. The smallest absolute Gasteiger partial charge is 0.353 e. The minimum Gasteiger partial charge on any atom is -0.493 e. The van der Waals surface area contributed by atoms with Crippen LogP contribution in [-0.2, 0) is 0 Å². The van der Waals surface area contributed by atoms with Gasteiger partial charge in [0.05, 0.1) is 13.0 Å². The molecule has 4 rings (SSSR count). The van der Waals surface area contributed by atoms with Crippen LogP contribution in [0.3, 0.4) is 0 Å². The van der Waals surface area contributed by atoms with E-state index in [1.807, 2.05) is 6.07 Å². The van der Waals surface area contributed by atoms with Crippen LogP contribution >= 0.6 is 11.3 Å². The predicted octanol–water partition coefficient (Wildman–Crippen LogP) is 4.76. The Labute approximate surface area is 194 Å². The number of thiophene rings is 1. The second-order valence-electron chi connectivity index (χ2n) is 7.00. The van der Waals surface area contributed by atoms with Crippen LogP contribution < -0.4 is 24.7 Å². The van der Waals surface area contributed by atoms with E-state index < -0.39 is 11.9 Å². The molecule has 0 radical (unpaired) electrons. The van der Waals surface area contributed by atoms with Gasteiger partial charge in [-0.1, -0.05) is 30.9 Å². The summed E-state index contributed by atoms with van der Waals surface area (Å²) in [6.07, 6.45) is 1.64. The zero-order chi connectivity index (χ0) is 23.4. The van der Waals surface area contributed by atoms with Gasteiger partial charge in [0.2, 0.25) is 5.88 Å². The van der Waals surface area contributed by atoms with Gasteiger partial charge in [0, 0.05) is 11.6 Å². The molecule has 3 aromatic rings. The lowest BCUT2D eigenvalue weighted by atomic mass is 9.83. The second kappa shape index (κ2) is 9.51. The monoisotopic (exact) mass is 460 g/mol. The summed E-state index contributed by atoms with van der Waals surface area (Å²) in [5.74, 6) is 0.812. The Morgan fingerprint density at radius 1 is 1.27 bits per heavy atom. The summed E-state index contributed by atoms with van der Waals surface area (Å²) in [4.78, 5) is 12.8. The fourth-order valence-electron chi connectivity index (χ4n) is 3.53. The van der Waals surface area contributed by atoms with Gasteiger partial charge >= 0.3 is 5.97 Å². The third-order valence-electron chi connectivity index (χ3n) is 5.00. The summed E-state index contributed by atoms with van der Waals surface area (Å²) < 4.78 is 22.3. The van der Waals surface area contributed by atoms with Crippen LogP contribution in [-0.4, -0.2) is 19.7 Å². The summed E-state index contributed by atoms with van der Waals surface area (Å²) in [6.45, 7) is 3.98. The lowest BCUT2D eigenvalue weighted by Gasteiger charge is -2.27. The van der Waals surface area contributed by atoms with Gasteiger partial charge in [-0.3, -0.25) is 0 Å². The summed E-state index contributed by atoms with van der Waals surface area (Å²) >= 11 is 1.29. The number of nitrogens with zero attached hydrogens (tertiary/aromatic N) is 1. The Kier molecular flexibility index (Phi) is 6.33. The van der Waals surface area contributed by atoms with E-state index in [0.29, 0.717) is 40.0 Å². The highest BCUT2D eigenvalue weighted by Gasteiger charge is 2.31. The topological polar surface area (TPSA) is 104 Å². The third kappa shape index (κ3) is 4.40. The standard InChI is InChI=1S/C25H20N2O5S/c1-3-10-30-19-9-6-15(12-21(19)29-2)23-17-8-7-16(31-25(28)22-5-4-11-33-22)13-20(17)32-24(27)18(23)14-26/h3-9,11-13,23H,1,10,27H2,2H3. The Balaban J connectivity index is 1.71. The molecule has 33 heavy (non-hydrogen) atoms. The molecule has 166 valence electrons. The number of hydrogen-bond donors (Lipinski definition) is 1. The molecule has 0 fully saturated rings. The Morgan fingerprint density at radius 3 is 2.82 bits per heavy atom. The number of rotatable bonds is 7. The summed E-state index contributed by atoms with van der Waals surface area (Å²) in [5.41, 5.74) is 7.84. The van der Waals surface area contributed by atoms with Crippen molar-refractivity contribution >= 4 is 17.3 Å². The van der Waals surface area contributed by atoms with E-state index in [9.17, 15) is 10.1 Å². The summed E-state index contributed by atoms with van der Waals surface area (Å²) in [7, 11) is 1.54. The predicted molar refractivity (Wildman–Crippen MR) is 124 cm³/mol. The third-order valence-corrected chi connectivity index (χ3v) is 5.85. The van der Waals surface area contributed by atoms with Crippen molar-refractivity contribution in [1.29, 1.82) is 5.26 Å². The first-order valence-electron chi connectivity index (χ1n) is 9.94. The lowest BCUT2D eigenvalue weighted by molar-refractivity contribution is 0.0739. The van der Waals surface area contributed by atoms with E-state index in [2.05, 4.69) is 12.6 Å². The molecule has 1 aliphatic heterocycles. The summed E-state index contributed by atoms with van der Waals surface area (Å²) in [6, 6.07) is 16.0. The number of nitrogens with two attached hydrogens (primary N) is 1. The van der Waals surface area contributed by atoms with Crippen LogP contribution in [0.2, 0.25) is 0 Å². The first kappa shape index (κ1) is 22.0. The zero-order valence-corrected chi connectivity index (χ0v) is 18.6. The molecule has 1 aromatic heterocycles. The average Bonchev–Trinajstić information content (AvgIpc) is 3.37. The zero-order valence-electron chi connectivity index (χ0n) is 17.7. The van der Waals surface area contributed by atoms with Gasteiger partial charge in [-0.25, -0.2) is 4.79 Å². The van der Waals surface area contributed by atoms with E-state index in [1.165, 1.54) is 11.3 Å². The minimum absolute atomic E-state index is 0.0114. The van der Waals surface area contributed by atoms with Crippen LogP contribution in [0.4, 0.5) is 0 Å². The Bertz CT molecular complexity index is 1270. The molecule has 0 saturated heterocycles. The highest BCUT2D eigenvalue weighted by molar-refractivity contribution is 7.12. The number of fused-ring (bicyclic) bond motifs is 1. The molecule has 1 aliphatic rings. The van der Waals surface area contributed by atoms with Crippen molar-refractivity contribution in [3.8, 4) is 29.1 Å². The van der Waals surface area contributed by atoms with Gasteiger partial charge in [-0.15, -0.1) is 11.3 Å². The average molecular weight is 461 g/mol. The quantitative estimate of drug-likeness (QED) is 0.308. The number of benzene rings is 2. The maximum atomic E-state index is 12.3. The Morgan fingerprint density at radius 2 is 2.12 bits per heavy atom. The number of allylic oxidation sites excluding steroid dienone is 1. The Hall–Kier alpha value is -4.22. The normalized spacial score (nSPS) is 14.5. The summed E-state index contributed by atoms with van der Waals surface area (Å²) in [5, 5.41) is 11.6. The molecule has 7 nitrogen and oxygen atoms in total. The van der Waals surface area contributed by atoms with E-state index in [1.54, 1.807) is 61.0 Å². The van der Waals surface area contributed by atoms with Crippen molar-refractivity contribution in [2.24, 2.45) is 5.73 Å². The number of methoxy groups -OCH3 is 1. The van der Waals surface area contributed by atoms with Crippen molar-refractivity contribution in [3.63, 3.8) is 0 Å². The molecule has 0 amide bonds. The molecule has 2 aromatic carbocycles. The fourth-order valence-corrected chi connectivity index (χ4v) is 4.12. The molecule has 0 bridgehead atoms. The number of nitriles is 1. The molecule has 1 unspecified atom stereocenters. The van der Waals surface area contributed by atoms with Gasteiger partial charge in [-0.2, -0.15) is 5.26 Å². The van der Waals surface area contributed by atoms with Crippen LogP contribution in [0, 0.1) is 11.3 Å². The molecule has 8 heteroatoms. The number of ether oxygens (including phenoxy) is 4. The van der Waals surface area contributed by atoms with Crippen LogP contribution in [0.5, 0.6) is 23.0 Å².